The summed E-state index contributed by atoms with van der Waals surface area (Å²) in [6, 6.07) is -1.94. The second-order valence-corrected chi connectivity index (χ2v) is 6.04. The number of esters is 1. The lowest BCUT2D eigenvalue weighted by Crippen LogP contribution is -2.61. The molecule has 24 heavy (non-hydrogen) atoms. The number of carboxylic acids is 1. The molecule has 3 amide bonds. The molecule has 10 heteroatoms. The Morgan fingerprint density at radius 3 is 2.33 bits per heavy atom. The van der Waals surface area contributed by atoms with E-state index < -0.39 is 35.5 Å². The molecule has 0 unspecified atom stereocenters. The number of aliphatic carboxylic acids is 1. The van der Waals surface area contributed by atoms with E-state index in [0.717, 1.165) is 9.80 Å². The standard InChI is InChI=1S/C14H23N3O7/c1-4-24-11(20)14(2,3)8-15-12(21)17-6-5-16(13(22)23)7-9(17)10(18)19/h9H,4-8H2,1-3H3,(H,15,21)(H,18,19)(H,22,23)/t9-/m0/s1. The minimum atomic E-state index is -1.29. The van der Waals surface area contributed by atoms with Crippen LogP contribution in [-0.2, 0) is 14.3 Å². The fourth-order valence-corrected chi connectivity index (χ4v) is 2.21. The number of carbonyl (C=O) groups is 4. The van der Waals surface area contributed by atoms with Crippen LogP contribution in [0.5, 0.6) is 0 Å². The molecule has 1 aliphatic heterocycles. The van der Waals surface area contributed by atoms with Gasteiger partial charge in [-0.2, -0.15) is 0 Å². The highest BCUT2D eigenvalue weighted by Crippen LogP contribution is 2.17. The Bertz CT molecular complexity index is 520. The molecule has 0 spiro atoms. The minimum Gasteiger partial charge on any atom is -0.480 e. The van der Waals surface area contributed by atoms with E-state index in [1.165, 1.54) is 0 Å². The van der Waals surface area contributed by atoms with Crippen LogP contribution in [0.15, 0.2) is 0 Å². The fraction of sp³-hybridized carbons (Fsp3) is 0.714. The number of piperazine rings is 1. The van der Waals surface area contributed by atoms with Crippen LogP contribution in [0.4, 0.5) is 9.59 Å². The van der Waals surface area contributed by atoms with Gasteiger partial charge in [0.25, 0.3) is 0 Å². The number of rotatable bonds is 5. The molecule has 0 radical (unpaired) electrons. The van der Waals surface area contributed by atoms with Crippen molar-refractivity contribution in [3.05, 3.63) is 0 Å². The van der Waals surface area contributed by atoms with Gasteiger partial charge < -0.3 is 30.1 Å². The van der Waals surface area contributed by atoms with Gasteiger partial charge >= 0.3 is 24.1 Å². The first-order valence-corrected chi connectivity index (χ1v) is 7.52. The van der Waals surface area contributed by atoms with Crippen molar-refractivity contribution in [1.82, 2.24) is 15.1 Å². The number of hydrogen-bond donors (Lipinski definition) is 3. The molecular weight excluding hydrogens is 322 g/mol. The molecule has 1 saturated heterocycles. The molecule has 1 fully saturated rings. The maximum atomic E-state index is 12.3. The van der Waals surface area contributed by atoms with Crippen molar-refractivity contribution in [2.75, 3.05) is 32.8 Å². The Morgan fingerprint density at radius 2 is 1.83 bits per heavy atom. The van der Waals surface area contributed by atoms with Crippen LogP contribution in [-0.4, -0.2) is 82.9 Å². The van der Waals surface area contributed by atoms with Gasteiger partial charge in [0.2, 0.25) is 0 Å². The van der Waals surface area contributed by atoms with Crippen molar-refractivity contribution in [3.63, 3.8) is 0 Å². The number of hydrogen-bond acceptors (Lipinski definition) is 5. The van der Waals surface area contributed by atoms with Gasteiger partial charge in [0, 0.05) is 19.6 Å². The van der Waals surface area contributed by atoms with Crippen molar-refractivity contribution in [2.45, 2.75) is 26.8 Å². The Kier molecular flexibility index (Phi) is 6.38. The summed E-state index contributed by atoms with van der Waals surface area (Å²) in [5.74, 6) is -1.77. The van der Waals surface area contributed by atoms with Crippen molar-refractivity contribution in [3.8, 4) is 0 Å². The van der Waals surface area contributed by atoms with Crippen LogP contribution in [0.1, 0.15) is 20.8 Å². The quantitative estimate of drug-likeness (QED) is 0.598. The first-order chi connectivity index (χ1) is 11.1. The number of carbonyl (C=O) groups excluding carboxylic acids is 2. The van der Waals surface area contributed by atoms with Crippen LogP contribution < -0.4 is 5.32 Å². The van der Waals surface area contributed by atoms with E-state index >= 15 is 0 Å². The second-order valence-electron chi connectivity index (χ2n) is 6.04. The summed E-state index contributed by atoms with van der Waals surface area (Å²) in [4.78, 5) is 48.3. The van der Waals surface area contributed by atoms with Gasteiger partial charge in [-0.1, -0.05) is 0 Å². The summed E-state index contributed by atoms with van der Waals surface area (Å²) < 4.78 is 4.91. The number of nitrogens with one attached hydrogen (secondary N) is 1. The highest BCUT2D eigenvalue weighted by atomic mass is 16.5. The first kappa shape index (κ1) is 19.5. The number of carboxylic acid groups (broad SMARTS) is 2. The lowest BCUT2D eigenvalue weighted by molar-refractivity contribution is -0.153. The lowest BCUT2D eigenvalue weighted by atomic mass is 9.94. The Balaban J connectivity index is 2.70. The molecule has 1 aliphatic rings. The van der Waals surface area contributed by atoms with Gasteiger partial charge in [-0.3, -0.25) is 4.79 Å². The normalized spacial score (nSPS) is 18.0. The van der Waals surface area contributed by atoms with E-state index in [0.29, 0.717) is 0 Å². The highest BCUT2D eigenvalue weighted by molar-refractivity contribution is 5.84. The van der Waals surface area contributed by atoms with Gasteiger partial charge in [-0.15, -0.1) is 0 Å². The Labute approximate surface area is 139 Å². The maximum Gasteiger partial charge on any atom is 0.407 e. The van der Waals surface area contributed by atoms with Crippen LogP contribution in [0.3, 0.4) is 0 Å². The molecule has 1 atom stereocenters. The van der Waals surface area contributed by atoms with Crippen LogP contribution in [0, 0.1) is 5.41 Å². The lowest BCUT2D eigenvalue weighted by Gasteiger charge is -2.38. The minimum absolute atomic E-state index is 0.0216. The van der Waals surface area contributed by atoms with E-state index in [9.17, 15) is 24.3 Å². The molecule has 0 saturated carbocycles. The molecule has 1 rings (SSSR count). The number of urea groups is 1. The van der Waals surface area contributed by atoms with Crippen molar-refractivity contribution in [2.24, 2.45) is 5.41 Å². The highest BCUT2D eigenvalue weighted by Gasteiger charge is 2.38. The molecule has 136 valence electrons. The van der Waals surface area contributed by atoms with Crippen molar-refractivity contribution >= 4 is 24.1 Å². The molecule has 0 bridgehead atoms. The third kappa shape index (κ3) is 4.74. The number of ether oxygens (including phenoxy) is 1. The SMILES string of the molecule is CCOC(=O)C(C)(C)CNC(=O)N1CCN(C(=O)O)C[C@H]1C(=O)O. The average molecular weight is 345 g/mol. The molecular formula is C14H23N3O7. The van der Waals surface area contributed by atoms with Crippen LogP contribution >= 0.6 is 0 Å². The van der Waals surface area contributed by atoms with E-state index in [1.807, 2.05) is 0 Å². The molecule has 0 aromatic rings. The molecule has 10 nitrogen and oxygen atoms in total. The molecule has 0 aromatic carbocycles. The monoisotopic (exact) mass is 345 g/mol. The van der Waals surface area contributed by atoms with Gasteiger partial charge in [-0.05, 0) is 20.8 Å². The number of nitrogens with zero attached hydrogens (tertiary/aromatic N) is 2. The molecule has 0 aliphatic carbocycles. The van der Waals surface area contributed by atoms with Crippen LogP contribution in [0.2, 0.25) is 0 Å². The van der Waals surface area contributed by atoms with Crippen molar-refractivity contribution in [1.29, 1.82) is 0 Å². The molecule has 3 N–H and O–H groups in total. The smallest absolute Gasteiger partial charge is 0.407 e. The fourth-order valence-electron chi connectivity index (χ4n) is 2.21. The molecule has 0 aromatic heterocycles. The zero-order valence-electron chi connectivity index (χ0n) is 13.9. The van der Waals surface area contributed by atoms with Crippen LogP contribution in [0.25, 0.3) is 0 Å². The third-order valence-corrected chi connectivity index (χ3v) is 3.71. The summed E-state index contributed by atoms with van der Waals surface area (Å²) >= 11 is 0. The zero-order valence-corrected chi connectivity index (χ0v) is 13.9. The topological polar surface area (TPSA) is 136 Å². The summed E-state index contributed by atoms with van der Waals surface area (Å²) in [6.45, 7) is 4.73. The van der Waals surface area contributed by atoms with Gasteiger partial charge in [0.15, 0.2) is 0 Å². The van der Waals surface area contributed by atoms with E-state index in [2.05, 4.69) is 5.32 Å². The number of amides is 3. The largest absolute Gasteiger partial charge is 0.480 e. The van der Waals surface area contributed by atoms with Gasteiger partial charge in [0.1, 0.15) is 6.04 Å². The predicted octanol–water partition coefficient (Wildman–Crippen LogP) is 0.0341. The van der Waals surface area contributed by atoms with E-state index in [1.54, 1.807) is 20.8 Å². The van der Waals surface area contributed by atoms with Gasteiger partial charge in [0.05, 0.1) is 18.6 Å². The summed E-state index contributed by atoms with van der Waals surface area (Å²) in [7, 11) is 0. The Morgan fingerprint density at radius 1 is 1.21 bits per heavy atom. The summed E-state index contributed by atoms with van der Waals surface area (Å²) in [5.41, 5.74) is -0.965. The Hall–Kier alpha value is -2.52. The van der Waals surface area contributed by atoms with E-state index in [-0.39, 0.29) is 32.8 Å². The van der Waals surface area contributed by atoms with Gasteiger partial charge in [-0.25, -0.2) is 14.4 Å². The summed E-state index contributed by atoms with van der Waals surface area (Å²) in [6.07, 6.45) is -1.23. The predicted molar refractivity (Wildman–Crippen MR) is 81.5 cm³/mol. The molecule has 1 heterocycles. The maximum absolute atomic E-state index is 12.3. The first-order valence-electron chi connectivity index (χ1n) is 7.52. The second kappa shape index (κ2) is 7.84. The summed E-state index contributed by atoms with van der Waals surface area (Å²) in [5, 5.41) is 20.7. The zero-order chi connectivity index (χ0) is 18.5. The van der Waals surface area contributed by atoms with Crippen molar-refractivity contribution < 1.29 is 34.1 Å². The third-order valence-electron chi connectivity index (χ3n) is 3.71. The average Bonchev–Trinajstić information content (AvgIpc) is 2.52. The van der Waals surface area contributed by atoms with E-state index in [4.69, 9.17) is 9.84 Å².